The van der Waals surface area contributed by atoms with Crippen molar-refractivity contribution in [2.75, 3.05) is 7.11 Å². The highest BCUT2D eigenvalue weighted by atomic mass is 16.5. The minimum atomic E-state index is -0.958. The van der Waals surface area contributed by atoms with Crippen molar-refractivity contribution in [1.29, 1.82) is 0 Å². The largest absolute Gasteiger partial charge is 0.500 e. The van der Waals surface area contributed by atoms with E-state index in [1.807, 2.05) is 33.9 Å². The summed E-state index contributed by atoms with van der Waals surface area (Å²) < 4.78 is 11.4. The van der Waals surface area contributed by atoms with Crippen LogP contribution in [0.15, 0.2) is 18.2 Å². The molecule has 0 aliphatic carbocycles. The Kier molecular flexibility index (Phi) is 4.65. The molecule has 7 heteroatoms. The lowest BCUT2D eigenvalue weighted by Crippen LogP contribution is -2.60. The molecule has 1 N–H and O–H groups in total. The molecule has 106 valence electrons. The lowest BCUT2D eigenvalue weighted by atomic mass is 9.42. The lowest BCUT2D eigenvalue weighted by molar-refractivity contribution is 0.0792. The van der Waals surface area contributed by atoms with Gasteiger partial charge < -0.3 is 14.6 Å². The number of ether oxygens (including phenoxy) is 2. The normalized spacial score (nSPS) is 13.1. The fourth-order valence-corrected chi connectivity index (χ4v) is 1.62. The molecule has 0 atom stereocenters. The number of methoxy groups -OCH3 is 1. The molecular weight excluding hydrogens is 247 g/mol. The molecular formula is C13H24B4O3. The van der Waals surface area contributed by atoms with Gasteiger partial charge in [0.05, 0.1) is 12.5 Å². The summed E-state index contributed by atoms with van der Waals surface area (Å²) in [4.78, 5) is 0. The van der Waals surface area contributed by atoms with Crippen LogP contribution < -0.4 is 9.47 Å². The van der Waals surface area contributed by atoms with E-state index in [-0.39, 0.29) is 5.41 Å². The average molecular weight is 272 g/mol. The van der Waals surface area contributed by atoms with E-state index >= 15 is 0 Å². The van der Waals surface area contributed by atoms with Crippen molar-refractivity contribution in [3.8, 4) is 11.5 Å². The molecule has 0 heterocycles. The number of rotatable bonds is 4. The molecule has 0 aromatic heterocycles. The second-order valence-electron chi connectivity index (χ2n) is 7.29. The third-order valence-electron chi connectivity index (χ3n) is 3.87. The van der Waals surface area contributed by atoms with E-state index in [9.17, 15) is 5.11 Å². The Balaban J connectivity index is 3.15. The highest BCUT2D eigenvalue weighted by Crippen LogP contribution is 2.35. The van der Waals surface area contributed by atoms with Crippen molar-refractivity contribution >= 4 is 31.4 Å². The second kappa shape index (κ2) is 5.44. The van der Waals surface area contributed by atoms with E-state index in [1.165, 1.54) is 5.56 Å². The summed E-state index contributed by atoms with van der Waals surface area (Å²) in [5.41, 5.74) is 1.24. The third kappa shape index (κ3) is 3.78. The smallest absolute Gasteiger partial charge is 0.160 e. The second-order valence-corrected chi connectivity index (χ2v) is 7.29. The molecule has 0 amide bonds. The van der Waals surface area contributed by atoms with Crippen molar-refractivity contribution in [2.24, 2.45) is 0 Å². The Bertz CT molecular complexity index is 475. The van der Waals surface area contributed by atoms with Gasteiger partial charge in [0, 0.05) is 5.40 Å². The first-order valence-corrected chi connectivity index (χ1v) is 6.98. The molecule has 0 aliphatic rings. The van der Waals surface area contributed by atoms with Crippen LogP contribution in [0.25, 0.3) is 0 Å². The van der Waals surface area contributed by atoms with Crippen molar-refractivity contribution in [3.05, 3.63) is 23.8 Å². The van der Waals surface area contributed by atoms with E-state index in [4.69, 9.17) is 9.47 Å². The summed E-state index contributed by atoms with van der Waals surface area (Å²) in [7, 11) is 8.84. The lowest BCUT2D eigenvalue weighted by Gasteiger charge is -2.39. The van der Waals surface area contributed by atoms with Crippen molar-refractivity contribution in [2.45, 2.75) is 37.0 Å². The summed E-state index contributed by atoms with van der Waals surface area (Å²) in [6.07, 6.45) is 0. The fraction of sp³-hybridized carbons (Fsp3) is 0.538. The predicted octanol–water partition coefficient (Wildman–Crippen LogP) is -1.80. The maximum absolute atomic E-state index is 10.2. The number of hydrogen-bond donors (Lipinski definition) is 1. The van der Waals surface area contributed by atoms with Gasteiger partial charge in [-0.2, -0.15) is 0 Å². The van der Waals surface area contributed by atoms with Crippen LogP contribution in [0.1, 0.15) is 26.3 Å². The van der Waals surface area contributed by atoms with Gasteiger partial charge in [-0.1, -0.05) is 26.8 Å². The molecule has 0 unspecified atom stereocenters. The van der Waals surface area contributed by atoms with Gasteiger partial charge in [-0.3, -0.25) is 0 Å². The first kappa shape index (κ1) is 17.1. The third-order valence-corrected chi connectivity index (χ3v) is 3.87. The van der Waals surface area contributed by atoms with E-state index in [2.05, 4.69) is 20.8 Å². The standard InChI is InChI=1S/C13H24B4O3/c1-11(2,3)8-5-6-9(10(7-8)19-4)20-13(16,17)12(14,15)18/h5-7,18H,14-17H2,1-4H3. The molecule has 0 fully saturated rings. The van der Waals surface area contributed by atoms with Crippen molar-refractivity contribution < 1.29 is 14.6 Å². The zero-order chi connectivity index (χ0) is 15.8. The van der Waals surface area contributed by atoms with E-state index in [0.29, 0.717) is 11.5 Å². The maximum Gasteiger partial charge on any atom is 0.160 e. The monoisotopic (exact) mass is 272 g/mol. The van der Waals surface area contributed by atoms with Gasteiger partial charge in [0.15, 0.2) is 11.5 Å². The van der Waals surface area contributed by atoms with Crippen LogP contribution in [0.3, 0.4) is 0 Å². The van der Waals surface area contributed by atoms with E-state index in [0.717, 1.165) is 0 Å². The summed E-state index contributed by atoms with van der Waals surface area (Å²) in [6.45, 7) is 6.47. The molecule has 0 saturated heterocycles. The first-order chi connectivity index (χ1) is 8.88. The Morgan fingerprint density at radius 3 is 1.95 bits per heavy atom. The zero-order valence-electron chi connectivity index (χ0n) is 14.0. The Morgan fingerprint density at radius 2 is 1.55 bits per heavy atom. The Labute approximate surface area is 126 Å². The first-order valence-electron chi connectivity index (χ1n) is 6.98. The maximum atomic E-state index is 10.2. The van der Waals surface area contributed by atoms with Crippen LogP contribution in [0.4, 0.5) is 0 Å². The predicted molar refractivity (Wildman–Crippen MR) is 94.2 cm³/mol. The molecule has 20 heavy (non-hydrogen) atoms. The number of benzene rings is 1. The molecule has 0 aliphatic heterocycles. The summed E-state index contributed by atoms with van der Waals surface area (Å²) in [6, 6.07) is 5.95. The van der Waals surface area contributed by atoms with Gasteiger partial charge in [-0.25, -0.2) is 0 Å². The summed E-state index contributed by atoms with van der Waals surface area (Å²) >= 11 is 0. The van der Waals surface area contributed by atoms with Crippen LogP contribution in [-0.2, 0) is 5.41 Å². The van der Waals surface area contributed by atoms with Crippen molar-refractivity contribution in [3.63, 3.8) is 0 Å². The van der Waals surface area contributed by atoms with E-state index in [1.54, 1.807) is 22.8 Å². The molecule has 1 rings (SSSR count). The average Bonchev–Trinajstić information content (AvgIpc) is 2.26. The van der Waals surface area contributed by atoms with E-state index < -0.39 is 10.8 Å². The van der Waals surface area contributed by atoms with Gasteiger partial charge in [0.2, 0.25) is 0 Å². The minimum Gasteiger partial charge on any atom is -0.500 e. The van der Waals surface area contributed by atoms with Crippen LogP contribution in [-0.4, -0.2) is 54.4 Å². The number of aliphatic hydroxyl groups is 1. The molecule has 0 saturated carbocycles. The molecule has 0 spiro atoms. The Morgan fingerprint density at radius 1 is 1.00 bits per heavy atom. The Hall–Kier alpha value is -0.960. The minimum absolute atomic E-state index is 0.0532. The van der Waals surface area contributed by atoms with Crippen LogP contribution in [0.5, 0.6) is 11.5 Å². The molecule has 1 aromatic carbocycles. The SMILES string of the molecule is BC(B)(O)C(B)(B)Oc1ccc(C(C)(C)C)cc1OC. The summed E-state index contributed by atoms with van der Waals surface area (Å²) in [5, 5.41) is 8.51. The quantitative estimate of drug-likeness (QED) is 0.657. The molecule has 3 nitrogen and oxygen atoms in total. The fourth-order valence-electron chi connectivity index (χ4n) is 1.62. The van der Waals surface area contributed by atoms with Crippen LogP contribution in [0, 0.1) is 0 Å². The summed E-state index contributed by atoms with van der Waals surface area (Å²) in [5.74, 6) is 1.34. The molecule has 0 radical (unpaired) electrons. The molecule has 1 aromatic rings. The van der Waals surface area contributed by atoms with Gasteiger partial charge in [-0.05, 0) is 23.1 Å². The highest BCUT2D eigenvalue weighted by Gasteiger charge is 2.37. The van der Waals surface area contributed by atoms with Gasteiger partial charge in [-0.15, -0.1) is 0 Å². The highest BCUT2D eigenvalue weighted by molar-refractivity contribution is 6.53. The van der Waals surface area contributed by atoms with Gasteiger partial charge in [0.1, 0.15) is 31.4 Å². The molecule has 0 bridgehead atoms. The van der Waals surface area contributed by atoms with Gasteiger partial charge in [0.25, 0.3) is 0 Å². The van der Waals surface area contributed by atoms with Crippen molar-refractivity contribution in [1.82, 2.24) is 0 Å². The zero-order valence-corrected chi connectivity index (χ0v) is 14.0. The van der Waals surface area contributed by atoms with Crippen LogP contribution in [0.2, 0.25) is 0 Å². The van der Waals surface area contributed by atoms with Gasteiger partial charge >= 0.3 is 0 Å². The topological polar surface area (TPSA) is 38.7 Å². The number of hydrogen-bond acceptors (Lipinski definition) is 3. The van der Waals surface area contributed by atoms with Crippen LogP contribution >= 0.6 is 0 Å².